The number of hydrogen-bond donors (Lipinski definition) is 1. The van der Waals surface area contributed by atoms with Gasteiger partial charge in [-0.1, -0.05) is 54.1 Å². The molecule has 0 bridgehead atoms. The minimum absolute atomic E-state index is 0.220. The van der Waals surface area contributed by atoms with Gasteiger partial charge in [-0.15, -0.1) is 0 Å². The lowest BCUT2D eigenvalue weighted by atomic mass is 9.99. The van der Waals surface area contributed by atoms with E-state index < -0.39 is 0 Å². The SMILES string of the molecule is CC(NCc1cc(Cl)c2c(c1)OCCO2)c1cccc2ccccc12. The summed E-state index contributed by atoms with van der Waals surface area (Å²) >= 11 is 6.32. The molecule has 0 aliphatic carbocycles. The molecule has 4 heteroatoms. The lowest BCUT2D eigenvalue weighted by molar-refractivity contribution is 0.171. The van der Waals surface area contributed by atoms with Gasteiger partial charge < -0.3 is 14.8 Å². The third kappa shape index (κ3) is 3.30. The maximum absolute atomic E-state index is 6.32. The van der Waals surface area contributed by atoms with Crippen molar-refractivity contribution >= 4 is 22.4 Å². The lowest BCUT2D eigenvalue weighted by Gasteiger charge is -2.21. The molecule has 1 atom stereocenters. The highest BCUT2D eigenvalue weighted by atomic mass is 35.5. The van der Waals surface area contributed by atoms with Gasteiger partial charge in [0.25, 0.3) is 0 Å². The third-order valence-electron chi connectivity index (χ3n) is 4.56. The van der Waals surface area contributed by atoms with E-state index in [9.17, 15) is 0 Å². The number of nitrogens with one attached hydrogen (secondary N) is 1. The summed E-state index contributed by atoms with van der Waals surface area (Å²) in [6, 6.07) is 19.1. The molecule has 0 aromatic heterocycles. The first-order valence-corrected chi connectivity index (χ1v) is 8.89. The van der Waals surface area contributed by atoms with Crippen molar-refractivity contribution in [2.24, 2.45) is 0 Å². The second-order valence-corrected chi connectivity index (χ2v) is 6.68. The Bertz CT molecular complexity index is 904. The van der Waals surface area contributed by atoms with E-state index in [4.69, 9.17) is 21.1 Å². The molecule has 3 nitrogen and oxygen atoms in total. The Morgan fingerprint density at radius 3 is 2.76 bits per heavy atom. The average molecular weight is 354 g/mol. The summed E-state index contributed by atoms with van der Waals surface area (Å²) in [5.74, 6) is 1.38. The Morgan fingerprint density at radius 2 is 1.84 bits per heavy atom. The van der Waals surface area contributed by atoms with Crippen molar-refractivity contribution in [3.05, 3.63) is 70.7 Å². The molecular weight excluding hydrogens is 334 g/mol. The molecule has 128 valence electrons. The zero-order valence-electron chi connectivity index (χ0n) is 14.1. The Morgan fingerprint density at radius 1 is 1.04 bits per heavy atom. The highest BCUT2D eigenvalue weighted by Gasteiger charge is 2.17. The van der Waals surface area contributed by atoms with Crippen LogP contribution >= 0.6 is 11.6 Å². The molecule has 1 heterocycles. The Balaban J connectivity index is 1.54. The minimum Gasteiger partial charge on any atom is -0.486 e. The first-order valence-electron chi connectivity index (χ1n) is 8.51. The molecule has 0 fully saturated rings. The van der Waals surface area contributed by atoms with Gasteiger partial charge in [-0.2, -0.15) is 0 Å². The van der Waals surface area contributed by atoms with Crippen LogP contribution in [-0.4, -0.2) is 13.2 Å². The summed E-state index contributed by atoms with van der Waals surface area (Å²) in [4.78, 5) is 0. The Kier molecular flexibility index (Phi) is 4.51. The zero-order valence-corrected chi connectivity index (χ0v) is 14.8. The van der Waals surface area contributed by atoms with E-state index in [-0.39, 0.29) is 6.04 Å². The molecule has 1 aliphatic heterocycles. The average Bonchev–Trinajstić information content (AvgIpc) is 2.66. The molecule has 0 amide bonds. The topological polar surface area (TPSA) is 30.5 Å². The molecule has 0 saturated carbocycles. The van der Waals surface area contributed by atoms with Crippen molar-refractivity contribution in [2.75, 3.05) is 13.2 Å². The highest BCUT2D eigenvalue weighted by Crippen LogP contribution is 2.38. The number of fused-ring (bicyclic) bond motifs is 2. The Hall–Kier alpha value is -2.23. The van der Waals surface area contributed by atoms with Crippen molar-refractivity contribution in [1.82, 2.24) is 5.32 Å². The van der Waals surface area contributed by atoms with E-state index in [2.05, 4.69) is 54.7 Å². The van der Waals surface area contributed by atoms with Crippen molar-refractivity contribution in [3.63, 3.8) is 0 Å². The summed E-state index contributed by atoms with van der Waals surface area (Å²) < 4.78 is 11.2. The second kappa shape index (κ2) is 6.95. The molecule has 4 rings (SSSR count). The number of ether oxygens (including phenoxy) is 2. The summed E-state index contributed by atoms with van der Waals surface area (Å²) in [5, 5.41) is 6.73. The van der Waals surface area contributed by atoms with Crippen LogP contribution in [0.15, 0.2) is 54.6 Å². The number of rotatable bonds is 4. The molecule has 0 radical (unpaired) electrons. The first-order chi connectivity index (χ1) is 12.2. The van der Waals surface area contributed by atoms with Gasteiger partial charge >= 0.3 is 0 Å². The van der Waals surface area contributed by atoms with Crippen LogP contribution in [0.5, 0.6) is 11.5 Å². The van der Waals surface area contributed by atoms with Gasteiger partial charge in [0.15, 0.2) is 11.5 Å². The fraction of sp³-hybridized carbons (Fsp3) is 0.238. The largest absolute Gasteiger partial charge is 0.486 e. The summed E-state index contributed by atoms with van der Waals surface area (Å²) in [7, 11) is 0. The fourth-order valence-electron chi connectivity index (χ4n) is 3.28. The van der Waals surface area contributed by atoms with Gasteiger partial charge in [0.2, 0.25) is 0 Å². The predicted molar refractivity (Wildman–Crippen MR) is 102 cm³/mol. The van der Waals surface area contributed by atoms with Gasteiger partial charge in [-0.3, -0.25) is 0 Å². The zero-order chi connectivity index (χ0) is 17.2. The van der Waals surface area contributed by atoms with E-state index in [1.807, 2.05) is 12.1 Å². The molecule has 1 aliphatic rings. The molecule has 3 aromatic rings. The van der Waals surface area contributed by atoms with Gasteiger partial charge in [0, 0.05) is 12.6 Å². The van der Waals surface area contributed by atoms with E-state index in [1.54, 1.807) is 0 Å². The normalized spacial score (nSPS) is 14.5. The van der Waals surface area contributed by atoms with Crippen LogP contribution < -0.4 is 14.8 Å². The van der Waals surface area contributed by atoms with Crippen LogP contribution in [0, 0.1) is 0 Å². The van der Waals surface area contributed by atoms with Crippen LogP contribution in [0.4, 0.5) is 0 Å². The van der Waals surface area contributed by atoms with Crippen molar-refractivity contribution in [1.29, 1.82) is 0 Å². The second-order valence-electron chi connectivity index (χ2n) is 6.27. The molecule has 25 heavy (non-hydrogen) atoms. The fourth-order valence-corrected chi connectivity index (χ4v) is 3.56. The molecule has 0 spiro atoms. The summed E-state index contributed by atoms with van der Waals surface area (Å²) in [6.07, 6.45) is 0. The van der Waals surface area contributed by atoms with E-state index in [0.29, 0.717) is 30.5 Å². The van der Waals surface area contributed by atoms with Crippen molar-refractivity contribution in [3.8, 4) is 11.5 Å². The molecule has 3 aromatic carbocycles. The first kappa shape index (κ1) is 16.2. The Labute approximate surface area is 152 Å². The molecule has 0 saturated heterocycles. The van der Waals surface area contributed by atoms with Crippen LogP contribution in [-0.2, 0) is 6.54 Å². The van der Waals surface area contributed by atoms with Crippen LogP contribution in [0.1, 0.15) is 24.1 Å². The van der Waals surface area contributed by atoms with Crippen LogP contribution in [0.3, 0.4) is 0 Å². The standard InChI is InChI=1S/C21H20ClNO2/c1-14(17-8-4-6-16-5-2-3-7-18(16)17)23-13-15-11-19(22)21-20(12-15)24-9-10-25-21/h2-8,11-12,14,23H,9-10,13H2,1H3. The van der Waals surface area contributed by atoms with Gasteiger partial charge in [-0.05, 0) is 41.0 Å². The van der Waals surface area contributed by atoms with Gasteiger partial charge in [-0.25, -0.2) is 0 Å². The van der Waals surface area contributed by atoms with Crippen molar-refractivity contribution < 1.29 is 9.47 Å². The monoisotopic (exact) mass is 353 g/mol. The highest BCUT2D eigenvalue weighted by molar-refractivity contribution is 6.32. The van der Waals surface area contributed by atoms with Crippen LogP contribution in [0.2, 0.25) is 5.02 Å². The minimum atomic E-state index is 0.220. The molecule has 1 N–H and O–H groups in total. The van der Waals surface area contributed by atoms with Gasteiger partial charge in [0.1, 0.15) is 13.2 Å². The smallest absolute Gasteiger partial charge is 0.179 e. The van der Waals surface area contributed by atoms with E-state index in [0.717, 1.165) is 11.3 Å². The van der Waals surface area contributed by atoms with Gasteiger partial charge in [0.05, 0.1) is 5.02 Å². The quantitative estimate of drug-likeness (QED) is 0.706. The molecular formula is C21H20ClNO2. The van der Waals surface area contributed by atoms with E-state index in [1.165, 1.54) is 16.3 Å². The number of hydrogen-bond acceptors (Lipinski definition) is 3. The summed E-state index contributed by atoms with van der Waals surface area (Å²) in [6.45, 7) is 4.00. The predicted octanol–water partition coefficient (Wildman–Crippen LogP) is 5.12. The maximum Gasteiger partial charge on any atom is 0.179 e. The summed E-state index contributed by atoms with van der Waals surface area (Å²) in [5.41, 5.74) is 2.38. The van der Waals surface area contributed by atoms with Crippen molar-refractivity contribution in [2.45, 2.75) is 19.5 Å². The maximum atomic E-state index is 6.32. The van der Waals surface area contributed by atoms with E-state index >= 15 is 0 Å². The number of halogens is 1. The lowest BCUT2D eigenvalue weighted by Crippen LogP contribution is -2.19. The molecule has 1 unspecified atom stereocenters. The number of benzene rings is 3. The third-order valence-corrected chi connectivity index (χ3v) is 4.84. The van der Waals surface area contributed by atoms with Crippen LogP contribution in [0.25, 0.3) is 10.8 Å².